The van der Waals surface area contributed by atoms with Crippen molar-refractivity contribution < 1.29 is 14.6 Å². The molecule has 0 atom stereocenters. The summed E-state index contributed by atoms with van der Waals surface area (Å²) in [5.74, 6) is 0.266. The Morgan fingerprint density at radius 2 is 1.90 bits per heavy atom. The van der Waals surface area contributed by atoms with Crippen LogP contribution in [0.2, 0.25) is 0 Å². The van der Waals surface area contributed by atoms with E-state index in [2.05, 4.69) is 4.98 Å². The maximum atomic E-state index is 12.4. The standard InChI is InChI=1S/C17H13NO3/c1-21-12-7-8-15-13(9-12)17(20)14(10-18-15)16(19)11-5-3-2-4-6-11/h2-10H,1H3,(H,18,20). The lowest BCUT2D eigenvalue weighted by molar-refractivity contribution is 0.103. The first kappa shape index (κ1) is 13.1. The van der Waals surface area contributed by atoms with Gasteiger partial charge in [0.25, 0.3) is 0 Å². The largest absolute Gasteiger partial charge is 0.506 e. The molecule has 0 saturated carbocycles. The summed E-state index contributed by atoms with van der Waals surface area (Å²) in [6, 6.07) is 14.0. The van der Waals surface area contributed by atoms with Crippen LogP contribution in [-0.4, -0.2) is 23.0 Å². The molecule has 104 valence electrons. The van der Waals surface area contributed by atoms with Crippen molar-refractivity contribution in [3.8, 4) is 11.5 Å². The normalized spacial score (nSPS) is 10.5. The Labute approximate surface area is 121 Å². The molecule has 0 fully saturated rings. The summed E-state index contributed by atoms with van der Waals surface area (Å²) in [5.41, 5.74) is 1.30. The molecule has 0 bridgehead atoms. The molecule has 1 N–H and O–H groups in total. The summed E-state index contributed by atoms with van der Waals surface area (Å²) in [6.45, 7) is 0. The highest BCUT2D eigenvalue weighted by molar-refractivity contribution is 6.12. The lowest BCUT2D eigenvalue weighted by atomic mass is 10.0. The van der Waals surface area contributed by atoms with Gasteiger partial charge in [0.1, 0.15) is 11.5 Å². The minimum absolute atomic E-state index is 0.0762. The van der Waals surface area contributed by atoms with E-state index in [9.17, 15) is 9.90 Å². The molecule has 0 aliphatic heterocycles. The minimum atomic E-state index is -0.259. The molecule has 0 aliphatic rings. The fourth-order valence-corrected chi connectivity index (χ4v) is 2.20. The van der Waals surface area contributed by atoms with Gasteiger partial charge in [-0.2, -0.15) is 0 Å². The summed E-state index contributed by atoms with van der Waals surface area (Å²) < 4.78 is 5.14. The second-order valence-corrected chi connectivity index (χ2v) is 4.60. The topological polar surface area (TPSA) is 59.4 Å². The Hall–Kier alpha value is -2.88. The average molecular weight is 279 g/mol. The second-order valence-electron chi connectivity index (χ2n) is 4.60. The maximum Gasteiger partial charge on any atom is 0.198 e. The van der Waals surface area contributed by atoms with E-state index in [0.29, 0.717) is 22.2 Å². The van der Waals surface area contributed by atoms with Crippen molar-refractivity contribution >= 4 is 16.7 Å². The van der Waals surface area contributed by atoms with E-state index in [1.54, 1.807) is 49.6 Å². The molecule has 0 radical (unpaired) electrons. The Morgan fingerprint density at radius 3 is 2.62 bits per heavy atom. The van der Waals surface area contributed by atoms with Crippen molar-refractivity contribution in [2.75, 3.05) is 7.11 Å². The number of pyridine rings is 1. The monoisotopic (exact) mass is 279 g/mol. The number of methoxy groups -OCH3 is 1. The fraction of sp³-hybridized carbons (Fsp3) is 0.0588. The zero-order valence-electron chi connectivity index (χ0n) is 11.4. The lowest BCUT2D eigenvalue weighted by Crippen LogP contribution is -2.02. The third kappa shape index (κ3) is 2.31. The van der Waals surface area contributed by atoms with Gasteiger partial charge in [0.15, 0.2) is 5.78 Å². The Balaban J connectivity index is 2.15. The van der Waals surface area contributed by atoms with Crippen LogP contribution in [0.3, 0.4) is 0 Å². The van der Waals surface area contributed by atoms with Crippen molar-refractivity contribution in [3.05, 3.63) is 65.9 Å². The van der Waals surface area contributed by atoms with Crippen molar-refractivity contribution in [1.29, 1.82) is 0 Å². The summed E-state index contributed by atoms with van der Waals surface area (Å²) in [5, 5.41) is 10.9. The van der Waals surface area contributed by atoms with Crippen LogP contribution < -0.4 is 4.74 Å². The van der Waals surface area contributed by atoms with Crippen LogP contribution in [0.15, 0.2) is 54.7 Å². The smallest absolute Gasteiger partial charge is 0.198 e. The van der Waals surface area contributed by atoms with Crippen molar-refractivity contribution in [2.24, 2.45) is 0 Å². The average Bonchev–Trinajstić information content (AvgIpc) is 2.55. The van der Waals surface area contributed by atoms with E-state index in [1.165, 1.54) is 6.20 Å². The van der Waals surface area contributed by atoms with Crippen LogP contribution in [0.5, 0.6) is 11.5 Å². The number of aromatic hydroxyl groups is 1. The summed E-state index contributed by atoms with van der Waals surface area (Å²) in [4.78, 5) is 16.7. The SMILES string of the molecule is COc1ccc2ncc(C(=O)c3ccccc3)c(O)c2c1. The van der Waals surface area contributed by atoms with Gasteiger partial charge >= 0.3 is 0 Å². The molecule has 4 heteroatoms. The second kappa shape index (κ2) is 5.25. The molecule has 0 unspecified atom stereocenters. The Morgan fingerprint density at radius 1 is 1.14 bits per heavy atom. The molecule has 0 aliphatic carbocycles. The van der Waals surface area contributed by atoms with E-state index < -0.39 is 0 Å². The summed E-state index contributed by atoms with van der Waals surface area (Å²) in [7, 11) is 1.55. The van der Waals surface area contributed by atoms with Gasteiger partial charge in [0.05, 0.1) is 18.2 Å². The number of rotatable bonds is 3. The summed E-state index contributed by atoms with van der Waals surface area (Å²) in [6.07, 6.45) is 1.40. The number of aromatic nitrogens is 1. The van der Waals surface area contributed by atoms with Crippen LogP contribution in [-0.2, 0) is 0 Å². The van der Waals surface area contributed by atoms with Crippen molar-refractivity contribution in [3.63, 3.8) is 0 Å². The van der Waals surface area contributed by atoms with Crippen LogP contribution >= 0.6 is 0 Å². The van der Waals surface area contributed by atoms with Gasteiger partial charge in [0.2, 0.25) is 0 Å². The first-order valence-corrected chi connectivity index (χ1v) is 6.46. The molecular weight excluding hydrogens is 266 g/mol. The van der Waals surface area contributed by atoms with Gasteiger partial charge in [0, 0.05) is 17.1 Å². The maximum absolute atomic E-state index is 12.4. The molecule has 1 heterocycles. The number of carbonyl (C=O) groups is 1. The number of ether oxygens (including phenoxy) is 1. The minimum Gasteiger partial charge on any atom is -0.506 e. The van der Waals surface area contributed by atoms with Crippen molar-refractivity contribution in [1.82, 2.24) is 4.98 Å². The predicted molar refractivity (Wildman–Crippen MR) is 79.8 cm³/mol. The van der Waals surface area contributed by atoms with E-state index in [-0.39, 0.29) is 17.1 Å². The lowest BCUT2D eigenvalue weighted by Gasteiger charge is -2.08. The van der Waals surface area contributed by atoms with Gasteiger partial charge in [-0.1, -0.05) is 30.3 Å². The molecule has 3 aromatic rings. The molecule has 0 amide bonds. The molecule has 0 spiro atoms. The number of nitrogens with zero attached hydrogens (tertiary/aromatic N) is 1. The number of hydrogen-bond donors (Lipinski definition) is 1. The first-order chi connectivity index (χ1) is 10.2. The van der Waals surface area contributed by atoms with Crippen LogP contribution in [0.4, 0.5) is 0 Å². The number of fused-ring (bicyclic) bond motifs is 1. The summed E-state index contributed by atoms with van der Waals surface area (Å²) >= 11 is 0. The van der Waals surface area contributed by atoms with Gasteiger partial charge in [-0.3, -0.25) is 9.78 Å². The quantitative estimate of drug-likeness (QED) is 0.748. The van der Waals surface area contributed by atoms with Crippen LogP contribution in [0.1, 0.15) is 15.9 Å². The molecule has 2 aromatic carbocycles. The van der Waals surface area contributed by atoms with Crippen molar-refractivity contribution in [2.45, 2.75) is 0 Å². The molecular formula is C17H13NO3. The number of benzene rings is 2. The molecule has 21 heavy (non-hydrogen) atoms. The van der Waals surface area contributed by atoms with Gasteiger partial charge in [-0.15, -0.1) is 0 Å². The number of hydrogen-bond acceptors (Lipinski definition) is 4. The van der Waals surface area contributed by atoms with Crippen LogP contribution in [0, 0.1) is 0 Å². The molecule has 1 aromatic heterocycles. The third-order valence-electron chi connectivity index (χ3n) is 3.33. The Kier molecular flexibility index (Phi) is 3.28. The Bertz CT molecular complexity index is 813. The number of carbonyl (C=O) groups excluding carboxylic acids is 1. The van der Waals surface area contributed by atoms with Gasteiger partial charge < -0.3 is 9.84 Å². The predicted octanol–water partition coefficient (Wildman–Crippen LogP) is 3.18. The highest BCUT2D eigenvalue weighted by Gasteiger charge is 2.16. The van der Waals surface area contributed by atoms with Crippen LogP contribution in [0.25, 0.3) is 10.9 Å². The first-order valence-electron chi connectivity index (χ1n) is 6.46. The number of ketones is 1. The highest BCUT2D eigenvalue weighted by Crippen LogP contribution is 2.31. The van der Waals surface area contributed by atoms with Gasteiger partial charge in [-0.25, -0.2) is 0 Å². The molecule has 0 saturated heterocycles. The zero-order valence-corrected chi connectivity index (χ0v) is 11.4. The van der Waals surface area contributed by atoms with E-state index in [1.807, 2.05) is 6.07 Å². The third-order valence-corrected chi connectivity index (χ3v) is 3.33. The van der Waals surface area contributed by atoms with Gasteiger partial charge in [-0.05, 0) is 18.2 Å². The molecule has 4 nitrogen and oxygen atoms in total. The van der Waals surface area contributed by atoms with E-state index in [0.717, 1.165) is 0 Å². The zero-order chi connectivity index (χ0) is 14.8. The highest BCUT2D eigenvalue weighted by atomic mass is 16.5. The fourth-order valence-electron chi connectivity index (χ4n) is 2.20. The van der Waals surface area contributed by atoms with E-state index >= 15 is 0 Å². The molecule has 3 rings (SSSR count). The van der Waals surface area contributed by atoms with E-state index in [4.69, 9.17) is 4.74 Å².